The number of pyridine rings is 2. The molecule has 0 fully saturated rings. The fourth-order valence-electron chi connectivity index (χ4n) is 7.26. The molecule has 0 spiro atoms. The Labute approximate surface area is 317 Å². The summed E-state index contributed by atoms with van der Waals surface area (Å²) in [5, 5.41) is 1.92. The zero-order chi connectivity index (χ0) is 36.6. The van der Waals surface area contributed by atoms with Crippen LogP contribution in [0, 0.1) is 0 Å². The maximum absolute atomic E-state index is 6.87. The Kier molecular flexibility index (Phi) is 8.04. The molecule has 0 aliphatic rings. The van der Waals surface area contributed by atoms with Gasteiger partial charge >= 0.3 is 0 Å². The van der Waals surface area contributed by atoms with Gasteiger partial charge in [-0.3, -0.25) is 9.97 Å². The Morgan fingerprint density at radius 3 is 1.42 bits per heavy atom. The monoisotopic (exact) mass is 705 g/mol. The summed E-state index contributed by atoms with van der Waals surface area (Å²) in [4.78, 5) is 23.6. The molecule has 0 aliphatic carbocycles. The Bertz CT molecular complexity index is 2910. The number of hydrogen-bond donors (Lipinski definition) is 0. The minimum Gasteiger partial charge on any atom is -0.455 e. The van der Waals surface area contributed by atoms with Crippen LogP contribution in [0.4, 0.5) is 0 Å². The van der Waals surface area contributed by atoms with Crippen molar-refractivity contribution in [3.8, 4) is 78.7 Å². The summed E-state index contributed by atoms with van der Waals surface area (Å²) in [5.74, 6) is 1.79. The van der Waals surface area contributed by atoms with Gasteiger partial charge in [-0.05, 0) is 93.5 Å². The summed E-state index contributed by atoms with van der Waals surface area (Å²) in [6, 6.07) is 56.1. The van der Waals surface area contributed by atoms with E-state index in [-0.39, 0.29) is 0 Å². The van der Waals surface area contributed by atoms with E-state index in [9.17, 15) is 0 Å². The summed E-state index contributed by atoms with van der Waals surface area (Å²) in [6.45, 7) is 0. The van der Waals surface area contributed by atoms with E-state index < -0.39 is 0 Å². The van der Waals surface area contributed by atoms with Crippen LogP contribution in [0.2, 0.25) is 0 Å². The van der Waals surface area contributed by atoms with Gasteiger partial charge in [0, 0.05) is 57.8 Å². The zero-order valence-electron chi connectivity index (χ0n) is 29.5. The molecule has 10 rings (SSSR count). The highest BCUT2D eigenvalue weighted by atomic mass is 16.3. The van der Waals surface area contributed by atoms with Crippen molar-refractivity contribution in [2.75, 3.05) is 0 Å². The van der Waals surface area contributed by atoms with E-state index in [0.29, 0.717) is 17.5 Å². The molecule has 0 saturated heterocycles. The first kappa shape index (κ1) is 32.1. The first-order chi connectivity index (χ1) is 27.2. The molecule has 0 radical (unpaired) electrons. The molecule has 6 aromatic carbocycles. The summed E-state index contributed by atoms with van der Waals surface area (Å²) in [6.07, 6.45) is 7.30. The average Bonchev–Trinajstić information content (AvgIpc) is 3.66. The highest BCUT2D eigenvalue weighted by Crippen LogP contribution is 2.43. The molecule has 0 N–H and O–H groups in total. The Morgan fingerprint density at radius 1 is 0.327 bits per heavy atom. The van der Waals surface area contributed by atoms with Gasteiger partial charge in [0.15, 0.2) is 17.5 Å². The van der Waals surface area contributed by atoms with E-state index in [0.717, 1.165) is 83.1 Å². The SMILES string of the molecule is c1ccc(-c2nc(-c3ccccc3)nc(-c3cccc4oc5c(-c6cccc(-c7ccncc7)c6)cc(-c6cccc(-c7ccncc7)c6)cc5c34)n2)cc1. The van der Waals surface area contributed by atoms with Crippen LogP contribution >= 0.6 is 0 Å². The Morgan fingerprint density at radius 2 is 0.818 bits per heavy atom. The van der Waals surface area contributed by atoms with Gasteiger partial charge in [-0.1, -0.05) is 109 Å². The summed E-state index contributed by atoms with van der Waals surface area (Å²) < 4.78 is 6.87. The lowest BCUT2D eigenvalue weighted by Crippen LogP contribution is -2.00. The average molecular weight is 706 g/mol. The van der Waals surface area contributed by atoms with E-state index in [1.165, 1.54) is 0 Å². The number of aromatic nitrogens is 5. The molecule has 258 valence electrons. The van der Waals surface area contributed by atoms with Crippen LogP contribution in [-0.4, -0.2) is 24.9 Å². The molecule has 0 aliphatic heterocycles. The van der Waals surface area contributed by atoms with Crippen molar-refractivity contribution < 1.29 is 4.42 Å². The third-order valence-corrected chi connectivity index (χ3v) is 9.93. The van der Waals surface area contributed by atoms with E-state index in [1.54, 1.807) is 0 Å². The smallest absolute Gasteiger partial charge is 0.164 e. The van der Waals surface area contributed by atoms with Crippen molar-refractivity contribution in [2.24, 2.45) is 0 Å². The number of rotatable bonds is 7. The van der Waals surface area contributed by atoms with Crippen molar-refractivity contribution in [3.05, 3.63) is 189 Å². The van der Waals surface area contributed by atoms with Crippen molar-refractivity contribution >= 4 is 21.9 Å². The predicted octanol–water partition coefficient (Wildman–Crippen LogP) is 12.2. The second kappa shape index (κ2) is 13.8. The molecule has 0 amide bonds. The first-order valence-electron chi connectivity index (χ1n) is 18.1. The van der Waals surface area contributed by atoms with Crippen LogP contribution in [0.5, 0.6) is 0 Å². The number of hydrogen-bond acceptors (Lipinski definition) is 6. The fraction of sp³-hybridized carbons (Fsp3) is 0. The first-order valence-corrected chi connectivity index (χ1v) is 18.1. The lowest BCUT2D eigenvalue weighted by molar-refractivity contribution is 0.670. The standard InChI is InChI=1S/C49H31N5O/c1-3-10-34(11-4-1)47-52-48(35-12-5-2-6-13-35)54-49(53-47)41-18-9-19-44-45(41)43-31-40(38-16-7-14-36(28-38)32-20-24-50-25-21-32)30-42(46(43)55-44)39-17-8-15-37(29-39)33-22-26-51-27-23-33/h1-31H. The van der Waals surface area contributed by atoms with Crippen molar-refractivity contribution in [3.63, 3.8) is 0 Å². The topological polar surface area (TPSA) is 77.6 Å². The highest BCUT2D eigenvalue weighted by molar-refractivity contribution is 6.16. The molecule has 6 nitrogen and oxygen atoms in total. The van der Waals surface area contributed by atoms with Crippen LogP contribution in [0.1, 0.15) is 0 Å². The second-order valence-corrected chi connectivity index (χ2v) is 13.4. The molecule has 0 saturated carbocycles. The predicted molar refractivity (Wildman–Crippen MR) is 221 cm³/mol. The van der Waals surface area contributed by atoms with Crippen molar-refractivity contribution in [1.29, 1.82) is 0 Å². The van der Waals surface area contributed by atoms with E-state index in [2.05, 4.69) is 76.7 Å². The van der Waals surface area contributed by atoms with Gasteiger partial charge in [-0.25, -0.2) is 15.0 Å². The lowest BCUT2D eigenvalue weighted by Gasteiger charge is -2.12. The van der Waals surface area contributed by atoms with E-state index in [4.69, 9.17) is 19.4 Å². The van der Waals surface area contributed by atoms with Crippen molar-refractivity contribution in [1.82, 2.24) is 24.9 Å². The molecule has 6 heteroatoms. The van der Waals surface area contributed by atoms with Gasteiger partial charge in [0.2, 0.25) is 0 Å². The summed E-state index contributed by atoms with van der Waals surface area (Å²) in [7, 11) is 0. The quantitative estimate of drug-likeness (QED) is 0.164. The zero-order valence-corrected chi connectivity index (χ0v) is 29.5. The molecule has 0 bridgehead atoms. The number of nitrogens with zero attached hydrogens (tertiary/aromatic N) is 5. The molecular formula is C49H31N5O. The summed E-state index contributed by atoms with van der Waals surface area (Å²) >= 11 is 0. The summed E-state index contributed by atoms with van der Waals surface area (Å²) in [5.41, 5.74) is 12.9. The normalized spacial score (nSPS) is 11.3. The highest BCUT2D eigenvalue weighted by Gasteiger charge is 2.21. The van der Waals surface area contributed by atoms with Gasteiger partial charge in [-0.15, -0.1) is 0 Å². The van der Waals surface area contributed by atoms with Gasteiger partial charge in [0.05, 0.1) is 0 Å². The fourth-order valence-corrected chi connectivity index (χ4v) is 7.26. The van der Waals surface area contributed by atoms with Crippen LogP contribution in [0.3, 0.4) is 0 Å². The number of benzene rings is 6. The van der Waals surface area contributed by atoms with Gasteiger partial charge in [0.25, 0.3) is 0 Å². The molecule has 55 heavy (non-hydrogen) atoms. The van der Waals surface area contributed by atoms with Gasteiger partial charge in [0.1, 0.15) is 11.2 Å². The third-order valence-electron chi connectivity index (χ3n) is 9.93. The number of fused-ring (bicyclic) bond motifs is 3. The molecular weight excluding hydrogens is 675 g/mol. The van der Waals surface area contributed by atoms with Crippen LogP contribution < -0.4 is 0 Å². The minimum absolute atomic E-state index is 0.576. The lowest BCUT2D eigenvalue weighted by atomic mass is 9.92. The molecule has 0 unspecified atom stereocenters. The van der Waals surface area contributed by atoms with E-state index >= 15 is 0 Å². The molecule has 10 aromatic rings. The maximum Gasteiger partial charge on any atom is 0.164 e. The molecule has 0 atom stereocenters. The maximum atomic E-state index is 6.87. The molecule has 4 heterocycles. The van der Waals surface area contributed by atoms with Crippen LogP contribution in [0.25, 0.3) is 101 Å². The Hall–Kier alpha value is -7.57. The van der Waals surface area contributed by atoms with Crippen LogP contribution in [-0.2, 0) is 0 Å². The van der Waals surface area contributed by atoms with Gasteiger partial charge in [-0.2, -0.15) is 0 Å². The van der Waals surface area contributed by atoms with Crippen LogP contribution in [0.15, 0.2) is 193 Å². The minimum atomic E-state index is 0.576. The third kappa shape index (κ3) is 6.11. The number of furan rings is 1. The Balaban J connectivity index is 1.24. The van der Waals surface area contributed by atoms with Crippen molar-refractivity contribution in [2.45, 2.75) is 0 Å². The van der Waals surface area contributed by atoms with E-state index in [1.807, 2.05) is 122 Å². The largest absolute Gasteiger partial charge is 0.455 e. The van der Waals surface area contributed by atoms with Gasteiger partial charge < -0.3 is 4.42 Å². The molecule has 4 aromatic heterocycles. The second-order valence-electron chi connectivity index (χ2n) is 13.4.